The van der Waals surface area contributed by atoms with E-state index >= 15 is 0 Å². The summed E-state index contributed by atoms with van der Waals surface area (Å²) >= 11 is 12.6. The van der Waals surface area contributed by atoms with Crippen LogP contribution < -0.4 is 25.2 Å². The number of aromatic amines is 1. The molecule has 1 amide bonds. The molecule has 0 atom stereocenters. The first kappa shape index (κ1) is 29.3. The number of rotatable bonds is 6. The molecule has 1 saturated heterocycles. The summed E-state index contributed by atoms with van der Waals surface area (Å²) < 4.78 is 17.1. The fourth-order valence-electron chi connectivity index (χ4n) is 4.51. The van der Waals surface area contributed by atoms with Crippen molar-refractivity contribution in [3.05, 3.63) is 69.1 Å². The third kappa shape index (κ3) is 6.47. The molecular formula is C29H30Cl2N6O5. The molecule has 42 heavy (non-hydrogen) atoms. The van der Waals surface area contributed by atoms with Crippen molar-refractivity contribution >= 4 is 57.3 Å². The van der Waals surface area contributed by atoms with E-state index in [1.807, 2.05) is 39.0 Å². The Labute approximate surface area is 252 Å². The number of anilines is 3. The number of fused-ring (bicyclic) bond motifs is 1. The summed E-state index contributed by atoms with van der Waals surface area (Å²) in [6.45, 7) is 7.89. The summed E-state index contributed by atoms with van der Waals surface area (Å²) in [5.41, 5.74) is 0.528. The molecule has 1 fully saturated rings. The molecule has 4 aromatic rings. The van der Waals surface area contributed by atoms with E-state index in [0.29, 0.717) is 53.0 Å². The van der Waals surface area contributed by atoms with Gasteiger partial charge >= 0.3 is 6.09 Å². The molecule has 1 aliphatic rings. The van der Waals surface area contributed by atoms with Crippen molar-refractivity contribution in [2.45, 2.75) is 26.4 Å². The van der Waals surface area contributed by atoms with Crippen molar-refractivity contribution in [1.82, 2.24) is 20.1 Å². The number of methoxy groups -OCH3 is 1. The zero-order chi connectivity index (χ0) is 30.0. The molecule has 0 unspecified atom stereocenters. The highest BCUT2D eigenvalue weighted by Gasteiger charge is 2.26. The maximum Gasteiger partial charge on any atom is 0.410 e. The number of benzene rings is 2. The standard InChI is InChI=1S/C29H30Cl2N6O5/c1-29(2,3)42-28(39)37-12-10-36(11-13-37)18-8-9-21(22(15-18)40-4)33-26-24-17(16-32-35-27(24)38)14-23(34-26)41-25-19(30)6-5-7-20(25)31/h5-9,14-16H,10-13H2,1-4H3,(H,33,34)(H,35,38). The van der Waals surface area contributed by atoms with E-state index in [9.17, 15) is 9.59 Å². The van der Waals surface area contributed by atoms with Crippen LogP contribution in [-0.2, 0) is 4.74 Å². The number of carbonyl (C=O) groups excluding carboxylic acids is 1. The van der Waals surface area contributed by atoms with Gasteiger partial charge in [0.2, 0.25) is 5.88 Å². The number of para-hydroxylation sites is 1. The van der Waals surface area contributed by atoms with Crippen molar-refractivity contribution in [2.24, 2.45) is 0 Å². The lowest BCUT2D eigenvalue weighted by Crippen LogP contribution is -2.50. The third-order valence-electron chi connectivity index (χ3n) is 6.48. The van der Waals surface area contributed by atoms with Crippen molar-refractivity contribution in [3.63, 3.8) is 0 Å². The lowest BCUT2D eigenvalue weighted by molar-refractivity contribution is 0.0240. The number of aromatic nitrogens is 3. The van der Waals surface area contributed by atoms with Gasteiger partial charge in [0.25, 0.3) is 5.56 Å². The maximum atomic E-state index is 12.8. The average Bonchev–Trinajstić information content (AvgIpc) is 2.94. The minimum absolute atomic E-state index is 0.158. The average molecular weight is 614 g/mol. The van der Waals surface area contributed by atoms with Gasteiger partial charge in [-0.3, -0.25) is 4.79 Å². The van der Waals surface area contributed by atoms with Gasteiger partial charge in [0.15, 0.2) is 5.75 Å². The maximum absolute atomic E-state index is 12.8. The van der Waals surface area contributed by atoms with Crippen LogP contribution in [0, 0.1) is 0 Å². The smallest absolute Gasteiger partial charge is 0.410 e. The molecule has 3 heterocycles. The number of nitrogens with one attached hydrogen (secondary N) is 2. The van der Waals surface area contributed by atoms with E-state index in [1.165, 1.54) is 6.20 Å². The summed E-state index contributed by atoms with van der Waals surface area (Å²) in [5, 5.41) is 11.0. The molecule has 2 aromatic carbocycles. The first-order valence-corrected chi connectivity index (χ1v) is 14.0. The number of ether oxygens (including phenoxy) is 3. The molecule has 5 rings (SSSR count). The van der Waals surface area contributed by atoms with E-state index in [0.717, 1.165) is 5.69 Å². The molecule has 11 nitrogen and oxygen atoms in total. The van der Waals surface area contributed by atoms with Crippen LogP contribution in [0.25, 0.3) is 10.8 Å². The van der Waals surface area contributed by atoms with Crippen molar-refractivity contribution < 1.29 is 19.0 Å². The highest BCUT2D eigenvalue weighted by atomic mass is 35.5. The Morgan fingerprint density at radius 3 is 2.43 bits per heavy atom. The van der Waals surface area contributed by atoms with Crippen LogP contribution in [0.15, 0.2) is 53.5 Å². The van der Waals surface area contributed by atoms with E-state index in [1.54, 1.807) is 36.3 Å². The molecule has 1 aliphatic heterocycles. The first-order valence-electron chi connectivity index (χ1n) is 13.2. The number of H-pyrrole nitrogens is 1. The topological polar surface area (TPSA) is 122 Å². The van der Waals surface area contributed by atoms with Gasteiger partial charge in [0.05, 0.1) is 34.4 Å². The molecule has 220 valence electrons. The van der Waals surface area contributed by atoms with Gasteiger partial charge in [0.1, 0.15) is 17.2 Å². The lowest BCUT2D eigenvalue weighted by Gasteiger charge is -2.37. The zero-order valence-electron chi connectivity index (χ0n) is 23.5. The van der Waals surface area contributed by atoms with Gasteiger partial charge in [-0.2, -0.15) is 10.1 Å². The van der Waals surface area contributed by atoms with Crippen LogP contribution in [-0.4, -0.2) is 65.1 Å². The van der Waals surface area contributed by atoms with Crippen LogP contribution in [0.1, 0.15) is 20.8 Å². The summed E-state index contributed by atoms with van der Waals surface area (Å²) in [4.78, 5) is 33.7. The Morgan fingerprint density at radius 1 is 1.05 bits per heavy atom. The Hall–Kier alpha value is -4.22. The van der Waals surface area contributed by atoms with Crippen LogP contribution in [0.4, 0.5) is 22.0 Å². The lowest BCUT2D eigenvalue weighted by atomic mass is 10.2. The molecule has 13 heteroatoms. The number of halogens is 2. The predicted molar refractivity (Wildman–Crippen MR) is 163 cm³/mol. The first-order chi connectivity index (χ1) is 20.0. The van der Waals surface area contributed by atoms with Crippen LogP contribution in [0.2, 0.25) is 10.0 Å². The van der Waals surface area contributed by atoms with E-state index in [-0.39, 0.29) is 28.9 Å². The number of piperazine rings is 1. The Morgan fingerprint density at radius 2 is 1.76 bits per heavy atom. The summed E-state index contributed by atoms with van der Waals surface area (Å²) in [6.07, 6.45) is 1.19. The fraction of sp³-hybridized carbons (Fsp3) is 0.310. The number of pyridine rings is 1. The minimum atomic E-state index is -0.542. The van der Waals surface area contributed by atoms with Gasteiger partial charge in [-0.25, -0.2) is 9.89 Å². The van der Waals surface area contributed by atoms with Gasteiger partial charge in [-0.15, -0.1) is 0 Å². The fourth-order valence-corrected chi connectivity index (χ4v) is 4.98. The quantitative estimate of drug-likeness (QED) is 0.261. The largest absolute Gasteiger partial charge is 0.494 e. The van der Waals surface area contributed by atoms with Crippen molar-refractivity contribution in [2.75, 3.05) is 43.5 Å². The molecule has 0 bridgehead atoms. The second-order valence-corrected chi connectivity index (χ2v) is 11.4. The number of amides is 1. The summed E-state index contributed by atoms with van der Waals surface area (Å²) in [7, 11) is 1.56. The van der Waals surface area contributed by atoms with Crippen LogP contribution in [0.3, 0.4) is 0 Å². The van der Waals surface area contributed by atoms with E-state index in [4.69, 9.17) is 37.4 Å². The number of carbonyl (C=O) groups is 1. The number of nitrogens with zero attached hydrogens (tertiary/aromatic N) is 4. The SMILES string of the molecule is COc1cc(N2CCN(C(=O)OC(C)(C)C)CC2)ccc1Nc1nc(Oc2c(Cl)cccc2Cl)cc2cn[nH]c(=O)c12. The Kier molecular flexibility index (Phi) is 8.33. The molecule has 0 saturated carbocycles. The minimum Gasteiger partial charge on any atom is -0.494 e. The van der Waals surface area contributed by atoms with Gasteiger partial charge in [-0.1, -0.05) is 29.3 Å². The van der Waals surface area contributed by atoms with Crippen LogP contribution in [0.5, 0.6) is 17.4 Å². The second-order valence-electron chi connectivity index (χ2n) is 10.6. The summed E-state index contributed by atoms with van der Waals surface area (Å²) in [5.74, 6) is 1.16. The molecule has 0 aliphatic carbocycles. The molecule has 0 spiro atoms. The molecular weight excluding hydrogens is 583 g/mol. The van der Waals surface area contributed by atoms with Gasteiger partial charge < -0.3 is 29.3 Å². The highest BCUT2D eigenvalue weighted by molar-refractivity contribution is 6.37. The van der Waals surface area contributed by atoms with E-state index < -0.39 is 11.2 Å². The monoisotopic (exact) mass is 612 g/mol. The Balaban J connectivity index is 1.40. The zero-order valence-corrected chi connectivity index (χ0v) is 25.0. The molecule has 0 radical (unpaired) electrons. The number of hydrogen-bond acceptors (Lipinski definition) is 9. The van der Waals surface area contributed by atoms with Crippen molar-refractivity contribution in [3.8, 4) is 17.4 Å². The third-order valence-corrected chi connectivity index (χ3v) is 7.08. The second kappa shape index (κ2) is 11.9. The van der Waals surface area contributed by atoms with Gasteiger partial charge in [-0.05, 0) is 45.0 Å². The van der Waals surface area contributed by atoms with Crippen LogP contribution >= 0.6 is 23.2 Å². The highest BCUT2D eigenvalue weighted by Crippen LogP contribution is 2.38. The van der Waals surface area contributed by atoms with E-state index in [2.05, 4.69) is 25.4 Å². The summed E-state index contributed by atoms with van der Waals surface area (Å²) in [6, 6.07) is 12.3. The normalized spacial score (nSPS) is 13.7. The molecule has 2 N–H and O–H groups in total. The number of hydrogen-bond donors (Lipinski definition) is 2. The van der Waals surface area contributed by atoms with Crippen molar-refractivity contribution in [1.29, 1.82) is 0 Å². The predicted octanol–water partition coefficient (Wildman–Crippen LogP) is 6.23. The van der Waals surface area contributed by atoms with Gasteiger partial charge in [0, 0.05) is 49.4 Å². The molecule has 2 aromatic heterocycles. The Bertz CT molecular complexity index is 1660.